The van der Waals surface area contributed by atoms with Gasteiger partial charge in [0.05, 0.1) is 6.61 Å². The average Bonchev–Trinajstić information content (AvgIpc) is 2.78. The molecule has 1 aromatic heterocycles. The summed E-state index contributed by atoms with van der Waals surface area (Å²) >= 11 is 0. The lowest BCUT2D eigenvalue weighted by Gasteiger charge is -2.22. The zero-order valence-electron chi connectivity index (χ0n) is 10.6. The fraction of sp³-hybridized carbons (Fsp3) is 0.615. The number of methoxy groups -OCH3 is 1. The molecule has 0 spiro atoms. The van der Waals surface area contributed by atoms with Gasteiger partial charge < -0.3 is 15.4 Å². The highest BCUT2D eigenvalue weighted by Gasteiger charge is 2.24. The summed E-state index contributed by atoms with van der Waals surface area (Å²) in [5.74, 6) is 0.638. The molecule has 1 saturated heterocycles. The molecular weight excluding hydrogens is 214 g/mol. The molecule has 1 unspecified atom stereocenters. The standard InChI is InChI=1S/C13H21N3O/c1-10-5-13(12(6-14)7-15-10)16-4-3-11(8-16)9-17-2/h5,7,11H,3-4,6,8-9,14H2,1-2H3. The Bertz CT molecular complexity index is 381. The highest BCUT2D eigenvalue weighted by Crippen LogP contribution is 2.27. The third-order valence-corrected chi connectivity index (χ3v) is 3.35. The molecule has 1 aliphatic rings. The lowest BCUT2D eigenvalue weighted by Crippen LogP contribution is -2.23. The maximum absolute atomic E-state index is 5.77. The van der Waals surface area contributed by atoms with E-state index < -0.39 is 0 Å². The van der Waals surface area contributed by atoms with Gasteiger partial charge in [-0.25, -0.2) is 0 Å². The minimum absolute atomic E-state index is 0.550. The molecule has 1 fully saturated rings. The molecular formula is C13H21N3O. The Kier molecular flexibility index (Phi) is 3.97. The van der Waals surface area contributed by atoms with Crippen molar-refractivity contribution in [2.24, 2.45) is 11.7 Å². The van der Waals surface area contributed by atoms with Gasteiger partial charge in [-0.1, -0.05) is 0 Å². The summed E-state index contributed by atoms with van der Waals surface area (Å²) in [6.07, 6.45) is 3.09. The van der Waals surface area contributed by atoms with Crippen LogP contribution in [0.25, 0.3) is 0 Å². The number of nitrogens with zero attached hydrogens (tertiary/aromatic N) is 2. The van der Waals surface area contributed by atoms with Crippen LogP contribution in [0.4, 0.5) is 5.69 Å². The number of ether oxygens (including phenoxy) is 1. The lowest BCUT2D eigenvalue weighted by molar-refractivity contribution is 0.161. The van der Waals surface area contributed by atoms with Crippen LogP contribution in [0.3, 0.4) is 0 Å². The molecule has 0 amide bonds. The van der Waals surface area contributed by atoms with E-state index in [2.05, 4.69) is 16.0 Å². The number of nitrogens with two attached hydrogens (primary N) is 1. The van der Waals surface area contributed by atoms with Crippen LogP contribution in [0.5, 0.6) is 0 Å². The summed E-state index contributed by atoms with van der Waals surface area (Å²) in [6, 6.07) is 2.14. The van der Waals surface area contributed by atoms with Crippen LogP contribution in [0.2, 0.25) is 0 Å². The monoisotopic (exact) mass is 235 g/mol. The molecule has 17 heavy (non-hydrogen) atoms. The van der Waals surface area contributed by atoms with Gasteiger partial charge in [0.1, 0.15) is 0 Å². The number of anilines is 1. The van der Waals surface area contributed by atoms with Gasteiger partial charge in [-0.15, -0.1) is 0 Å². The van der Waals surface area contributed by atoms with E-state index in [0.29, 0.717) is 12.5 Å². The third kappa shape index (κ3) is 2.76. The molecule has 1 aromatic rings. The van der Waals surface area contributed by atoms with Gasteiger partial charge in [0.2, 0.25) is 0 Å². The van der Waals surface area contributed by atoms with E-state index in [1.54, 1.807) is 7.11 Å². The molecule has 2 rings (SSSR count). The van der Waals surface area contributed by atoms with E-state index in [-0.39, 0.29) is 0 Å². The fourth-order valence-corrected chi connectivity index (χ4v) is 2.45. The average molecular weight is 235 g/mol. The normalized spacial score (nSPS) is 19.9. The lowest BCUT2D eigenvalue weighted by atomic mass is 10.1. The van der Waals surface area contributed by atoms with Crippen molar-refractivity contribution in [1.29, 1.82) is 0 Å². The first-order chi connectivity index (χ1) is 8.24. The van der Waals surface area contributed by atoms with Crippen molar-refractivity contribution in [2.45, 2.75) is 19.9 Å². The summed E-state index contributed by atoms with van der Waals surface area (Å²) in [5.41, 5.74) is 9.20. The summed E-state index contributed by atoms with van der Waals surface area (Å²) in [5, 5.41) is 0. The Morgan fingerprint density at radius 3 is 3.12 bits per heavy atom. The number of hydrogen-bond donors (Lipinski definition) is 1. The molecule has 2 heterocycles. The van der Waals surface area contributed by atoms with Gasteiger partial charge in [-0.3, -0.25) is 4.98 Å². The van der Waals surface area contributed by atoms with Crippen molar-refractivity contribution in [3.63, 3.8) is 0 Å². The van der Waals surface area contributed by atoms with E-state index in [0.717, 1.165) is 31.0 Å². The summed E-state index contributed by atoms with van der Waals surface area (Å²) in [7, 11) is 1.77. The topological polar surface area (TPSA) is 51.4 Å². The molecule has 0 saturated carbocycles. The number of pyridine rings is 1. The zero-order valence-corrected chi connectivity index (χ0v) is 10.6. The second-order valence-electron chi connectivity index (χ2n) is 4.71. The quantitative estimate of drug-likeness (QED) is 0.855. The first-order valence-corrected chi connectivity index (χ1v) is 6.14. The molecule has 4 nitrogen and oxygen atoms in total. The SMILES string of the molecule is COCC1CCN(c2cc(C)ncc2CN)C1. The van der Waals surface area contributed by atoms with Gasteiger partial charge in [0, 0.05) is 55.8 Å². The second-order valence-corrected chi connectivity index (χ2v) is 4.71. The second kappa shape index (κ2) is 5.47. The van der Waals surface area contributed by atoms with Crippen LogP contribution >= 0.6 is 0 Å². The molecule has 1 aliphatic heterocycles. The Hall–Kier alpha value is -1.13. The van der Waals surface area contributed by atoms with Crippen LogP contribution in [0.1, 0.15) is 17.7 Å². The molecule has 94 valence electrons. The maximum Gasteiger partial charge on any atom is 0.0508 e. The molecule has 0 aliphatic carbocycles. The minimum Gasteiger partial charge on any atom is -0.384 e. The third-order valence-electron chi connectivity index (χ3n) is 3.35. The van der Waals surface area contributed by atoms with Gasteiger partial charge >= 0.3 is 0 Å². The summed E-state index contributed by atoms with van der Waals surface area (Å²) < 4.78 is 5.23. The van der Waals surface area contributed by atoms with Crippen LogP contribution in [0, 0.1) is 12.8 Å². The Labute approximate surface area is 103 Å². The van der Waals surface area contributed by atoms with E-state index in [1.807, 2.05) is 13.1 Å². The van der Waals surface area contributed by atoms with Crippen molar-refractivity contribution >= 4 is 5.69 Å². The van der Waals surface area contributed by atoms with Crippen LogP contribution in [-0.2, 0) is 11.3 Å². The van der Waals surface area contributed by atoms with E-state index >= 15 is 0 Å². The van der Waals surface area contributed by atoms with Gasteiger partial charge in [0.25, 0.3) is 0 Å². The Morgan fingerprint density at radius 1 is 1.59 bits per heavy atom. The predicted octanol–water partition coefficient (Wildman–Crippen LogP) is 1.32. The largest absolute Gasteiger partial charge is 0.384 e. The molecule has 4 heteroatoms. The van der Waals surface area contributed by atoms with Crippen LogP contribution < -0.4 is 10.6 Å². The van der Waals surface area contributed by atoms with Gasteiger partial charge in [-0.05, 0) is 19.4 Å². The maximum atomic E-state index is 5.77. The van der Waals surface area contributed by atoms with Crippen molar-refractivity contribution in [3.8, 4) is 0 Å². The van der Waals surface area contributed by atoms with Crippen molar-refractivity contribution in [2.75, 3.05) is 31.7 Å². The summed E-state index contributed by atoms with van der Waals surface area (Å²) in [6.45, 7) is 5.56. The van der Waals surface area contributed by atoms with E-state index in [1.165, 1.54) is 12.1 Å². The molecule has 0 aromatic carbocycles. The van der Waals surface area contributed by atoms with Crippen LogP contribution in [-0.4, -0.2) is 31.8 Å². The van der Waals surface area contributed by atoms with E-state index in [9.17, 15) is 0 Å². The first-order valence-electron chi connectivity index (χ1n) is 6.14. The van der Waals surface area contributed by atoms with Gasteiger partial charge in [-0.2, -0.15) is 0 Å². The van der Waals surface area contributed by atoms with E-state index in [4.69, 9.17) is 10.5 Å². The van der Waals surface area contributed by atoms with Crippen LogP contribution in [0.15, 0.2) is 12.3 Å². The van der Waals surface area contributed by atoms with Crippen molar-refractivity contribution in [1.82, 2.24) is 4.98 Å². The zero-order chi connectivity index (χ0) is 12.3. The predicted molar refractivity (Wildman–Crippen MR) is 69.1 cm³/mol. The fourth-order valence-electron chi connectivity index (χ4n) is 2.45. The Morgan fingerprint density at radius 2 is 2.41 bits per heavy atom. The summed E-state index contributed by atoms with van der Waals surface area (Å²) in [4.78, 5) is 6.71. The Balaban J connectivity index is 2.14. The minimum atomic E-state index is 0.550. The molecule has 0 bridgehead atoms. The number of rotatable bonds is 4. The first kappa shape index (κ1) is 12.3. The number of hydrogen-bond acceptors (Lipinski definition) is 4. The molecule has 0 radical (unpaired) electrons. The van der Waals surface area contributed by atoms with Gasteiger partial charge in [0.15, 0.2) is 0 Å². The number of aryl methyl sites for hydroxylation is 1. The van der Waals surface area contributed by atoms with Crippen molar-refractivity contribution < 1.29 is 4.74 Å². The van der Waals surface area contributed by atoms with Crippen molar-refractivity contribution in [3.05, 3.63) is 23.5 Å². The highest BCUT2D eigenvalue weighted by atomic mass is 16.5. The number of aromatic nitrogens is 1. The molecule has 1 atom stereocenters. The smallest absolute Gasteiger partial charge is 0.0508 e. The molecule has 2 N–H and O–H groups in total. The highest BCUT2D eigenvalue weighted by molar-refractivity contribution is 5.54.